The van der Waals surface area contributed by atoms with Gasteiger partial charge in [-0.1, -0.05) is 6.07 Å². The zero-order valence-corrected chi connectivity index (χ0v) is 9.25. The standard InChI is InChI=1S/C10H8F4N2O3/c11-8-5(9(18)16-19-4-7(15)17)2-1-3-6(8)10(12,13)14/h1-3H,4H2,(H2,15,17)(H,16,18). The minimum absolute atomic E-state index is 0.496. The number of nitrogens with one attached hydrogen (secondary N) is 1. The fourth-order valence-corrected chi connectivity index (χ4v) is 1.15. The van der Waals surface area contributed by atoms with Gasteiger partial charge in [0.05, 0.1) is 11.1 Å². The summed E-state index contributed by atoms with van der Waals surface area (Å²) >= 11 is 0. The summed E-state index contributed by atoms with van der Waals surface area (Å²) < 4.78 is 50.6. The molecule has 0 bridgehead atoms. The molecule has 0 aliphatic heterocycles. The van der Waals surface area contributed by atoms with Gasteiger partial charge in [-0.3, -0.25) is 14.4 Å². The Balaban J connectivity index is 2.90. The number of carbonyl (C=O) groups excluding carboxylic acids is 2. The van der Waals surface area contributed by atoms with E-state index in [0.717, 1.165) is 12.1 Å². The third kappa shape index (κ3) is 3.91. The molecule has 0 aromatic heterocycles. The summed E-state index contributed by atoms with van der Waals surface area (Å²) in [5.41, 5.74) is 3.86. The highest BCUT2D eigenvalue weighted by Gasteiger charge is 2.35. The Morgan fingerprint density at radius 2 is 1.95 bits per heavy atom. The van der Waals surface area contributed by atoms with Gasteiger partial charge in [-0.15, -0.1) is 0 Å². The van der Waals surface area contributed by atoms with Crippen LogP contribution < -0.4 is 11.2 Å². The Morgan fingerprint density at radius 3 is 2.47 bits per heavy atom. The van der Waals surface area contributed by atoms with Crippen LogP contribution in [0.5, 0.6) is 0 Å². The minimum Gasteiger partial charge on any atom is -0.368 e. The van der Waals surface area contributed by atoms with E-state index >= 15 is 0 Å². The highest BCUT2D eigenvalue weighted by atomic mass is 19.4. The van der Waals surface area contributed by atoms with E-state index in [-0.39, 0.29) is 0 Å². The first-order chi connectivity index (χ1) is 8.73. The van der Waals surface area contributed by atoms with Gasteiger partial charge in [0.25, 0.3) is 5.91 Å². The fraction of sp³-hybridized carbons (Fsp3) is 0.200. The molecular weight excluding hydrogens is 272 g/mol. The number of benzene rings is 1. The third-order valence-electron chi connectivity index (χ3n) is 1.93. The maximum absolute atomic E-state index is 13.5. The highest BCUT2D eigenvalue weighted by Crippen LogP contribution is 2.32. The van der Waals surface area contributed by atoms with Gasteiger partial charge in [0.15, 0.2) is 6.61 Å². The first-order valence-corrected chi connectivity index (χ1v) is 4.79. The van der Waals surface area contributed by atoms with Crippen LogP contribution in [0.15, 0.2) is 18.2 Å². The van der Waals surface area contributed by atoms with E-state index in [4.69, 9.17) is 5.73 Å². The van der Waals surface area contributed by atoms with E-state index in [1.165, 1.54) is 0 Å². The molecule has 0 saturated carbocycles. The molecule has 104 valence electrons. The number of carbonyl (C=O) groups is 2. The van der Waals surface area contributed by atoms with Crippen molar-refractivity contribution in [3.05, 3.63) is 35.1 Å². The lowest BCUT2D eigenvalue weighted by Crippen LogP contribution is -2.30. The van der Waals surface area contributed by atoms with Gasteiger partial charge in [0, 0.05) is 0 Å². The van der Waals surface area contributed by atoms with E-state index in [9.17, 15) is 27.2 Å². The molecule has 0 saturated heterocycles. The molecule has 2 amide bonds. The van der Waals surface area contributed by atoms with Gasteiger partial charge in [-0.05, 0) is 12.1 Å². The molecule has 1 aromatic carbocycles. The smallest absolute Gasteiger partial charge is 0.368 e. The molecule has 0 spiro atoms. The number of primary amides is 1. The summed E-state index contributed by atoms with van der Waals surface area (Å²) in [6.07, 6.45) is -4.92. The van der Waals surface area contributed by atoms with Crippen LogP contribution in [-0.2, 0) is 15.8 Å². The monoisotopic (exact) mass is 280 g/mol. The lowest BCUT2D eigenvalue weighted by Gasteiger charge is -2.10. The second-order valence-electron chi connectivity index (χ2n) is 3.35. The van der Waals surface area contributed by atoms with Crippen molar-refractivity contribution in [2.75, 3.05) is 6.61 Å². The van der Waals surface area contributed by atoms with E-state index in [1.54, 1.807) is 5.48 Å². The summed E-state index contributed by atoms with van der Waals surface area (Å²) in [5.74, 6) is -3.90. The Labute approximate surface area is 104 Å². The Bertz CT molecular complexity index is 502. The van der Waals surface area contributed by atoms with E-state index in [0.29, 0.717) is 6.07 Å². The van der Waals surface area contributed by atoms with Gasteiger partial charge in [0.1, 0.15) is 5.82 Å². The largest absolute Gasteiger partial charge is 0.419 e. The van der Waals surface area contributed by atoms with Crippen molar-refractivity contribution in [3.8, 4) is 0 Å². The summed E-state index contributed by atoms with van der Waals surface area (Å²) in [7, 11) is 0. The summed E-state index contributed by atoms with van der Waals surface area (Å²) in [6.45, 7) is -0.688. The van der Waals surface area contributed by atoms with Crippen molar-refractivity contribution >= 4 is 11.8 Å². The molecule has 0 aliphatic carbocycles. The maximum atomic E-state index is 13.5. The van der Waals surface area contributed by atoms with Crippen molar-refractivity contribution < 1.29 is 32.0 Å². The molecular formula is C10H8F4N2O3. The molecule has 0 aliphatic rings. The van der Waals surface area contributed by atoms with Crippen LogP contribution in [0.4, 0.5) is 17.6 Å². The van der Waals surface area contributed by atoms with Gasteiger partial charge in [0.2, 0.25) is 5.91 Å². The zero-order valence-electron chi connectivity index (χ0n) is 9.25. The first-order valence-electron chi connectivity index (χ1n) is 4.79. The van der Waals surface area contributed by atoms with Crippen LogP contribution in [0, 0.1) is 5.82 Å². The van der Waals surface area contributed by atoms with E-state index in [1.807, 2.05) is 0 Å². The van der Waals surface area contributed by atoms with Crippen LogP contribution in [0.1, 0.15) is 15.9 Å². The van der Waals surface area contributed by atoms with Gasteiger partial charge < -0.3 is 5.73 Å². The predicted molar refractivity (Wildman–Crippen MR) is 54.0 cm³/mol. The van der Waals surface area contributed by atoms with Crippen molar-refractivity contribution in [2.24, 2.45) is 5.73 Å². The lowest BCUT2D eigenvalue weighted by molar-refractivity contribution is -0.140. The Morgan fingerprint density at radius 1 is 1.32 bits per heavy atom. The summed E-state index contributed by atoms with van der Waals surface area (Å²) in [4.78, 5) is 25.9. The predicted octanol–water partition coefficient (Wildman–Crippen LogP) is 0.991. The fourth-order valence-electron chi connectivity index (χ4n) is 1.15. The molecule has 0 atom stereocenters. The van der Waals surface area contributed by atoms with Gasteiger partial charge in [-0.25, -0.2) is 9.87 Å². The SMILES string of the molecule is NC(=O)CONC(=O)c1cccc(C(F)(F)F)c1F. The van der Waals surface area contributed by atoms with Gasteiger partial charge in [-0.2, -0.15) is 13.2 Å². The molecule has 1 aromatic rings. The van der Waals surface area contributed by atoms with Crippen molar-refractivity contribution in [1.29, 1.82) is 0 Å². The molecule has 1 rings (SSSR count). The number of amides is 2. The molecule has 19 heavy (non-hydrogen) atoms. The highest BCUT2D eigenvalue weighted by molar-refractivity contribution is 5.94. The average molecular weight is 280 g/mol. The number of hydrogen-bond donors (Lipinski definition) is 2. The Hall–Kier alpha value is -2.16. The second kappa shape index (κ2) is 5.65. The summed E-state index contributed by atoms with van der Waals surface area (Å²) in [6, 6.07) is 2.21. The number of halogens is 4. The first kappa shape index (κ1) is 14.9. The van der Waals surface area contributed by atoms with Crippen molar-refractivity contribution in [1.82, 2.24) is 5.48 Å². The molecule has 0 radical (unpaired) electrons. The molecule has 0 fully saturated rings. The van der Waals surface area contributed by atoms with Crippen molar-refractivity contribution in [2.45, 2.75) is 6.18 Å². The van der Waals surface area contributed by atoms with E-state index in [2.05, 4.69) is 4.84 Å². The van der Waals surface area contributed by atoms with Crippen LogP contribution in [0.3, 0.4) is 0 Å². The molecule has 5 nitrogen and oxygen atoms in total. The molecule has 0 heterocycles. The number of hydroxylamine groups is 1. The number of hydrogen-bond acceptors (Lipinski definition) is 3. The van der Waals surface area contributed by atoms with Crippen molar-refractivity contribution in [3.63, 3.8) is 0 Å². The number of alkyl halides is 3. The molecule has 9 heteroatoms. The maximum Gasteiger partial charge on any atom is 0.419 e. The zero-order chi connectivity index (χ0) is 14.6. The second-order valence-corrected chi connectivity index (χ2v) is 3.35. The average Bonchev–Trinajstić information content (AvgIpc) is 2.26. The molecule has 0 unspecified atom stereocenters. The van der Waals surface area contributed by atoms with Crippen LogP contribution in [-0.4, -0.2) is 18.4 Å². The minimum atomic E-state index is -4.92. The summed E-state index contributed by atoms with van der Waals surface area (Å²) in [5, 5.41) is 0. The van der Waals surface area contributed by atoms with Crippen LogP contribution >= 0.6 is 0 Å². The quantitative estimate of drug-likeness (QED) is 0.637. The topological polar surface area (TPSA) is 81.4 Å². The number of nitrogens with two attached hydrogens (primary N) is 1. The van der Waals surface area contributed by atoms with Crippen LogP contribution in [0.25, 0.3) is 0 Å². The number of rotatable bonds is 4. The van der Waals surface area contributed by atoms with E-state index < -0.39 is 41.5 Å². The van der Waals surface area contributed by atoms with Gasteiger partial charge >= 0.3 is 6.18 Å². The third-order valence-corrected chi connectivity index (χ3v) is 1.93. The van der Waals surface area contributed by atoms with Crippen LogP contribution in [0.2, 0.25) is 0 Å². The normalized spacial score (nSPS) is 11.2. The lowest BCUT2D eigenvalue weighted by atomic mass is 10.1. The molecule has 3 N–H and O–H groups in total. The Kier molecular flexibility index (Phi) is 4.43.